The molecule has 81 heavy (non-hydrogen) atoms. The summed E-state index contributed by atoms with van der Waals surface area (Å²) >= 11 is 13.9. The second kappa shape index (κ2) is 25.7. The molecule has 6 aromatic heterocycles. The minimum atomic E-state index is -1.01. The Labute approximate surface area is 499 Å². The number of ketones is 2. The summed E-state index contributed by atoms with van der Waals surface area (Å²) in [7, 11) is 0. The number of benzene rings is 2. The van der Waals surface area contributed by atoms with Crippen LogP contribution in [0.4, 0.5) is 11.6 Å². The normalized spacial score (nSPS) is 18.6. The van der Waals surface area contributed by atoms with Gasteiger partial charge in [-0.15, -0.1) is 0 Å². The number of halogens is 2. The average molecular weight is 1280 g/mol. The highest BCUT2D eigenvalue weighted by Gasteiger charge is 2.62. The van der Waals surface area contributed by atoms with Gasteiger partial charge in [0.2, 0.25) is 11.8 Å². The Morgan fingerprint density at radius 3 is 1.53 bits per heavy atom. The molecular formula is C55H56Br2N14O7S3. The lowest BCUT2D eigenvalue weighted by Crippen LogP contribution is -2.57. The topological polar surface area (TPSA) is 275 Å². The number of carbonyl (C=O) groups excluding carboxylic acids is 5. The van der Waals surface area contributed by atoms with E-state index in [1.54, 1.807) is 71.6 Å². The number of amides is 3. The van der Waals surface area contributed by atoms with Gasteiger partial charge in [-0.2, -0.15) is 23.7 Å². The first kappa shape index (κ1) is 61.4. The summed E-state index contributed by atoms with van der Waals surface area (Å²) in [5.74, 6) is 1.55. The highest BCUT2D eigenvalue weighted by Crippen LogP contribution is 2.51. The van der Waals surface area contributed by atoms with Gasteiger partial charge in [0, 0.05) is 89.5 Å². The van der Waals surface area contributed by atoms with Gasteiger partial charge in [0.05, 0.1) is 16.6 Å². The summed E-state index contributed by atoms with van der Waals surface area (Å²) in [4.78, 5) is 101. The van der Waals surface area contributed by atoms with E-state index in [0.717, 1.165) is 46.2 Å². The molecule has 6 fully saturated rings. The zero-order valence-electron chi connectivity index (χ0n) is 43.4. The van der Waals surface area contributed by atoms with Gasteiger partial charge in [0.25, 0.3) is 5.91 Å². The minimum absolute atomic E-state index is 0. The van der Waals surface area contributed by atoms with Gasteiger partial charge in [0.1, 0.15) is 62.5 Å². The lowest BCUT2D eigenvalue weighted by Gasteiger charge is -2.40. The molecule has 21 nitrogen and oxygen atoms in total. The molecule has 26 heteroatoms. The molecule has 0 atom stereocenters. The standard InChI is InChI=1S/C27H24BrN7O3.C16H14N4O3.C11H12BrN3O.CH4.S2.H2S/c1-15(36)25-20-8-18(19-11-29-16(2)30-12-19)6-7-21(20)35(33-25)14-24(37)34-13-17-9-27(34,10-17)26(38)32-23-5-3-4-22(28)31-23;1-9(21)16-13-5-11(12-6-17-10(2)18-7-12)3-4-14(13)20(19-16)8-15(22)23;12-8-2-1-3-9(14-8)15-10(16)11-4-7(5-11)6-13-11;;1-2;/h3-8,11-12,17H,9-10,13-14H2,1-2H3,(H,31,32,38);3-7H,8H2,1-2H3,(H,22,23);1-3,7,13H,4-6H2,(H,14,15,16);1H4;;1H2. The van der Waals surface area contributed by atoms with Gasteiger partial charge in [-0.25, -0.2) is 29.9 Å². The van der Waals surface area contributed by atoms with E-state index in [1.807, 2.05) is 49.4 Å². The van der Waals surface area contributed by atoms with Crippen molar-refractivity contribution in [2.75, 3.05) is 23.7 Å². The van der Waals surface area contributed by atoms with Gasteiger partial charge in [-0.05, 0) is 149 Å². The summed E-state index contributed by atoms with van der Waals surface area (Å²) < 4.78 is 4.22. The largest absolute Gasteiger partial charge is 0.480 e. The number of carboxylic acid groups (broad SMARTS) is 1. The maximum atomic E-state index is 13.6. The fourth-order valence-corrected chi connectivity index (χ4v) is 11.2. The van der Waals surface area contributed by atoms with Crippen LogP contribution in [-0.2, 0) is 54.6 Å². The molecular weight excluding hydrogens is 1220 g/mol. The molecule has 8 aromatic rings. The molecule has 2 aromatic carbocycles. The maximum Gasteiger partial charge on any atom is 0.325 e. The second-order valence-electron chi connectivity index (χ2n) is 19.7. The fraction of sp³-hybridized carbons (Fsp3) is 0.309. The van der Waals surface area contributed by atoms with E-state index in [-0.39, 0.29) is 74.5 Å². The van der Waals surface area contributed by atoms with Crippen molar-refractivity contribution >= 4 is 136 Å². The Morgan fingerprint density at radius 1 is 0.654 bits per heavy atom. The van der Waals surface area contributed by atoms with Crippen molar-refractivity contribution in [3.8, 4) is 22.3 Å². The van der Waals surface area contributed by atoms with Crippen LogP contribution >= 0.6 is 45.4 Å². The van der Waals surface area contributed by atoms with Crippen LogP contribution in [0.5, 0.6) is 0 Å². The molecule has 6 aliphatic rings. The molecule has 0 unspecified atom stereocenters. The molecule has 0 radical (unpaired) electrons. The lowest BCUT2D eigenvalue weighted by atomic mass is 9.72. The van der Waals surface area contributed by atoms with Crippen molar-refractivity contribution < 1.29 is 33.9 Å². The smallest absolute Gasteiger partial charge is 0.325 e. The van der Waals surface area contributed by atoms with Crippen LogP contribution in [0, 0.1) is 25.7 Å². The first-order chi connectivity index (χ1) is 37.9. The number of aromatic nitrogens is 10. The summed E-state index contributed by atoms with van der Waals surface area (Å²) in [5, 5.41) is 27.9. The summed E-state index contributed by atoms with van der Waals surface area (Å²) in [5.41, 5.74) is 3.96. The molecule has 0 spiro atoms. The number of aryl methyl sites for hydroxylation is 2. The van der Waals surface area contributed by atoms with E-state index >= 15 is 0 Å². The average Bonchev–Trinajstić information content (AvgIpc) is 4.48. The molecule has 4 bridgehead atoms. The third kappa shape index (κ3) is 13.1. The zero-order valence-corrected chi connectivity index (χ0v) is 49.2. The van der Waals surface area contributed by atoms with E-state index in [0.29, 0.717) is 86.6 Å². The Hall–Kier alpha value is -7.23. The van der Waals surface area contributed by atoms with Crippen LogP contribution in [0.25, 0.3) is 44.1 Å². The van der Waals surface area contributed by atoms with Crippen molar-refractivity contribution in [2.24, 2.45) is 11.8 Å². The highest BCUT2D eigenvalue weighted by molar-refractivity contribution is 9.10. The number of Topliss-reactive ketones (excluding diaryl/α,β-unsaturated/α-hetero) is 2. The number of fused-ring (bicyclic) bond motifs is 4. The molecule has 4 saturated heterocycles. The molecule has 420 valence electrons. The van der Waals surface area contributed by atoms with E-state index < -0.39 is 11.5 Å². The van der Waals surface area contributed by atoms with Crippen LogP contribution in [-0.4, -0.2) is 119 Å². The van der Waals surface area contributed by atoms with E-state index in [4.69, 9.17) is 5.11 Å². The number of carbonyl (C=O) groups is 6. The monoisotopic (exact) mass is 1280 g/mol. The van der Waals surface area contributed by atoms with Gasteiger partial charge in [-0.1, -0.05) is 31.7 Å². The molecule has 2 aliphatic carbocycles. The van der Waals surface area contributed by atoms with E-state index in [9.17, 15) is 28.8 Å². The van der Waals surface area contributed by atoms with Crippen molar-refractivity contribution in [3.63, 3.8) is 0 Å². The Balaban J connectivity index is 0.000000187. The van der Waals surface area contributed by atoms with Crippen molar-refractivity contribution in [2.45, 2.75) is 85.0 Å². The van der Waals surface area contributed by atoms with E-state index in [2.05, 4.69) is 110 Å². The first-order valence-corrected chi connectivity index (χ1v) is 27.7. The first-order valence-electron chi connectivity index (χ1n) is 24.8. The SMILES string of the molecule is C.CC(=O)c1nn(CC(=O)N2CC3CC2(C(=O)Nc2cccc(Br)n2)C3)c2ccc(-c3cnc(C)nc3)cc12.CC(=O)c1nn(CC(=O)O)c2ccc(-c3cnc(C)nc3)cc12.O=C(Nc1cccc(Br)n1)C12CC(CN1)C2.S.S=S. The third-order valence-electron chi connectivity index (χ3n) is 14.3. The fourth-order valence-electron chi connectivity index (χ4n) is 10.5. The highest BCUT2D eigenvalue weighted by atomic mass is 79.9. The number of rotatable bonds is 12. The van der Waals surface area contributed by atoms with Crippen LogP contribution < -0.4 is 16.0 Å². The number of anilines is 2. The number of hydrogen-bond donors (Lipinski definition) is 4. The molecule has 2 saturated carbocycles. The minimum Gasteiger partial charge on any atom is -0.480 e. The molecule has 3 amide bonds. The molecule has 4 N–H and O–H groups in total. The van der Waals surface area contributed by atoms with Crippen molar-refractivity contribution in [3.05, 3.63) is 130 Å². The number of hydrogen-bond acceptors (Lipinski definition) is 17. The van der Waals surface area contributed by atoms with Crippen molar-refractivity contribution in [1.29, 1.82) is 0 Å². The molecule has 10 heterocycles. The second-order valence-corrected chi connectivity index (χ2v) is 21.3. The van der Waals surface area contributed by atoms with Crippen LogP contribution in [0.1, 0.15) is 79.6 Å². The van der Waals surface area contributed by atoms with Crippen LogP contribution in [0.2, 0.25) is 0 Å². The summed E-state index contributed by atoms with van der Waals surface area (Å²) in [6, 6.07) is 21.8. The Bertz CT molecular complexity index is 3700. The molecule has 14 rings (SSSR count). The number of nitrogens with one attached hydrogen (secondary N) is 3. The Kier molecular flexibility index (Phi) is 19.5. The van der Waals surface area contributed by atoms with Gasteiger partial charge >= 0.3 is 5.97 Å². The number of nitrogens with zero attached hydrogens (tertiary/aromatic N) is 11. The molecule has 4 aliphatic heterocycles. The van der Waals surface area contributed by atoms with E-state index in [1.165, 1.54) is 18.5 Å². The third-order valence-corrected chi connectivity index (χ3v) is 15.1. The lowest BCUT2D eigenvalue weighted by molar-refractivity contribution is -0.143. The van der Waals surface area contributed by atoms with Gasteiger partial charge < -0.3 is 26.0 Å². The summed E-state index contributed by atoms with van der Waals surface area (Å²) in [6.45, 7) is 7.61. The van der Waals surface area contributed by atoms with Gasteiger partial charge in [0.15, 0.2) is 11.6 Å². The van der Waals surface area contributed by atoms with Crippen molar-refractivity contribution in [1.82, 2.24) is 59.7 Å². The number of carboxylic acids is 1. The maximum absolute atomic E-state index is 13.6. The Morgan fingerprint density at radius 2 is 1.11 bits per heavy atom. The van der Waals surface area contributed by atoms with Crippen LogP contribution in [0.15, 0.2) is 107 Å². The zero-order chi connectivity index (χ0) is 56.3. The predicted octanol–water partition coefficient (Wildman–Crippen LogP) is 8.16. The van der Waals surface area contributed by atoms with Gasteiger partial charge in [-0.3, -0.25) is 38.1 Å². The number of pyridine rings is 2. The van der Waals surface area contributed by atoms with Crippen LogP contribution in [0.3, 0.4) is 0 Å². The summed E-state index contributed by atoms with van der Waals surface area (Å²) in [6.07, 6.45) is 10.1. The quantitative estimate of drug-likeness (QED) is 0.0663. The predicted molar refractivity (Wildman–Crippen MR) is 322 cm³/mol. The number of aliphatic carboxylic acids is 1.